The zero-order valence-electron chi connectivity index (χ0n) is 20.2. The van der Waals surface area contributed by atoms with Crippen molar-refractivity contribution in [2.45, 2.75) is 22.0 Å². The van der Waals surface area contributed by atoms with Gasteiger partial charge in [-0.2, -0.15) is 0 Å². The number of aromatic nitrogens is 2. The number of nitrogens with zero attached hydrogens (tertiary/aromatic N) is 2. The molecule has 190 valence electrons. The smallest absolute Gasteiger partial charge is 0.336 e. The lowest BCUT2D eigenvalue weighted by molar-refractivity contribution is 0.377. The SMILES string of the molecule is O=c1cc(CSc2nnc(SCc3cc(=O)oc4c3ccc3ccccc34)o2)c2ccc3ccccc3c2o1. The summed E-state index contributed by atoms with van der Waals surface area (Å²) in [6, 6.07) is 26.6. The molecule has 0 unspecified atom stereocenters. The number of thioether (sulfide) groups is 2. The van der Waals surface area contributed by atoms with Crippen LogP contribution in [0.15, 0.2) is 118 Å². The molecule has 0 spiro atoms. The summed E-state index contributed by atoms with van der Waals surface area (Å²) in [7, 11) is 0. The Kier molecular flexibility index (Phi) is 5.94. The standard InChI is InChI=1S/C30H18N2O5S2/c33-25-13-19(23-11-9-17-5-1-3-7-21(17)27(23)35-25)15-38-29-31-32-30(37-29)39-16-20-14-26(34)36-28-22-8-4-2-6-18(22)10-12-24(20)28/h1-14H,15-16H2. The fraction of sp³-hybridized carbons (Fsp3) is 0.0667. The molecular formula is C30H18N2O5S2. The van der Waals surface area contributed by atoms with Crippen molar-refractivity contribution in [3.63, 3.8) is 0 Å². The van der Waals surface area contributed by atoms with E-state index in [1.54, 1.807) is 0 Å². The van der Waals surface area contributed by atoms with E-state index < -0.39 is 11.3 Å². The molecule has 0 saturated heterocycles. The molecule has 0 atom stereocenters. The summed E-state index contributed by atoms with van der Waals surface area (Å²) in [5.74, 6) is 0.925. The lowest BCUT2D eigenvalue weighted by Gasteiger charge is -2.07. The highest BCUT2D eigenvalue weighted by molar-refractivity contribution is 7.98. The second kappa shape index (κ2) is 9.76. The Hall–Kier alpha value is -4.34. The molecule has 4 aromatic carbocycles. The topological polar surface area (TPSA) is 99.3 Å². The van der Waals surface area contributed by atoms with Crippen LogP contribution in [0.5, 0.6) is 0 Å². The molecule has 7 nitrogen and oxygen atoms in total. The average molecular weight is 551 g/mol. The first-order valence-corrected chi connectivity index (χ1v) is 14.1. The van der Waals surface area contributed by atoms with Crippen LogP contribution >= 0.6 is 23.5 Å². The second-order valence-electron chi connectivity index (χ2n) is 8.92. The number of hydrogen-bond acceptors (Lipinski definition) is 9. The summed E-state index contributed by atoms with van der Waals surface area (Å²) in [4.78, 5) is 24.6. The highest BCUT2D eigenvalue weighted by Crippen LogP contribution is 2.33. The molecule has 0 saturated carbocycles. The number of hydrogen-bond donors (Lipinski definition) is 0. The maximum absolute atomic E-state index is 12.3. The lowest BCUT2D eigenvalue weighted by atomic mass is 10.0. The van der Waals surface area contributed by atoms with Crippen LogP contribution in [0.25, 0.3) is 43.5 Å². The average Bonchev–Trinajstić information content (AvgIpc) is 3.42. The molecule has 3 aromatic heterocycles. The number of benzene rings is 4. The molecule has 0 fully saturated rings. The quantitative estimate of drug-likeness (QED) is 0.121. The van der Waals surface area contributed by atoms with Gasteiger partial charge in [-0.05, 0) is 21.9 Å². The van der Waals surface area contributed by atoms with Crippen molar-refractivity contribution in [2.24, 2.45) is 0 Å². The fourth-order valence-corrected chi connectivity index (χ4v) is 6.30. The van der Waals surface area contributed by atoms with E-state index in [0.717, 1.165) is 43.4 Å². The summed E-state index contributed by atoms with van der Waals surface area (Å²) in [6.45, 7) is 0. The van der Waals surface area contributed by atoms with Gasteiger partial charge in [0.15, 0.2) is 0 Å². The molecule has 0 aliphatic heterocycles. The molecule has 0 N–H and O–H groups in total. The van der Waals surface area contributed by atoms with Gasteiger partial charge in [0.1, 0.15) is 11.2 Å². The Morgan fingerprint density at radius 3 is 1.49 bits per heavy atom. The zero-order valence-corrected chi connectivity index (χ0v) is 21.9. The second-order valence-corrected chi connectivity index (χ2v) is 10.8. The van der Waals surface area contributed by atoms with Gasteiger partial charge in [0.05, 0.1) is 0 Å². The Morgan fingerprint density at radius 1 is 0.538 bits per heavy atom. The Bertz CT molecular complexity index is 2000. The molecule has 39 heavy (non-hydrogen) atoms. The first kappa shape index (κ1) is 23.8. The van der Waals surface area contributed by atoms with Crippen molar-refractivity contribution < 1.29 is 13.3 Å². The molecule has 0 bridgehead atoms. The Labute approximate surface area is 228 Å². The molecule has 7 rings (SSSR count). The van der Waals surface area contributed by atoms with Gasteiger partial charge < -0.3 is 13.3 Å². The van der Waals surface area contributed by atoms with E-state index in [1.807, 2.05) is 72.8 Å². The highest BCUT2D eigenvalue weighted by Gasteiger charge is 2.14. The van der Waals surface area contributed by atoms with E-state index in [1.165, 1.54) is 35.7 Å². The van der Waals surface area contributed by atoms with Gasteiger partial charge in [0.25, 0.3) is 10.4 Å². The number of rotatable bonds is 6. The third kappa shape index (κ3) is 4.49. The van der Waals surface area contributed by atoms with Gasteiger partial charge in [-0.25, -0.2) is 9.59 Å². The van der Waals surface area contributed by atoms with Crippen LogP contribution < -0.4 is 11.3 Å². The number of fused-ring (bicyclic) bond motifs is 6. The van der Waals surface area contributed by atoms with E-state index in [2.05, 4.69) is 10.2 Å². The summed E-state index contributed by atoms with van der Waals surface area (Å²) in [5.41, 5.74) is 2.01. The minimum atomic E-state index is -0.399. The monoisotopic (exact) mass is 550 g/mol. The summed E-state index contributed by atoms with van der Waals surface area (Å²) in [6.07, 6.45) is 0. The van der Waals surface area contributed by atoms with E-state index >= 15 is 0 Å². The van der Waals surface area contributed by atoms with Crippen LogP contribution in [0, 0.1) is 0 Å². The van der Waals surface area contributed by atoms with Crippen LogP contribution in [-0.2, 0) is 11.5 Å². The van der Waals surface area contributed by atoms with Gasteiger partial charge in [0, 0.05) is 45.2 Å². The van der Waals surface area contributed by atoms with Crippen LogP contribution in [-0.4, -0.2) is 10.2 Å². The van der Waals surface area contributed by atoms with Crippen molar-refractivity contribution in [3.8, 4) is 0 Å². The van der Waals surface area contributed by atoms with Crippen molar-refractivity contribution in [1.29, 1.82) is 0 Å². The van der Waals surface area contributed by atoms with Crippen LogP contribution in [0.1, 0.15) is 11.1 Å². The van der Waals surface area contributed by atoms with Crippen molar-refractivity contribution in [1.82, 2.24) is 10.2 Å². The summed E-state index contributed by atoms with van der Waals surface area (Å²) < 4.78 is 17.0. The van der Waals surface area contributed by atoms with E-state index in [0.29, 0.717) is 33.1 Å². The third-order valence-electron chi connectivity index (χ3n) is 6.53. The molecule has 0 aliphatic rings. The van der Waals surface area contributed by atoms with E-state index in [4.69, 9.17) is 13.3 Å². The molecule has 0 aliphatic carbocycles. The van der Waals surface area contributed by atoms with Crippen LogP contribution in [0.2, 0.25) is 0 Å². The van der Waals surface area contributed by atoms with Crippen molar-refractivity contribution >= 4 is 67.0 Å². The molecule has 3 heterocycles. The molecule has 9 heteroatoms. The van der Waals surface area contributed by atoms with E-state index in [9.17, 15) is 9.59 Å². The van der Waals surface area contributed by atoms with Crippen LogP contribution in [0.3, 0.4) is 0 Å². The maximum Gasteiger partial charge on any atom is 0.336 e. The Morgan fingerprint density at radius 2 is 1.00 bits per heavy atom. The first-order chi connectivity index (χ1) is 19.1. The van der Waals surface area contributed by atoms with Gasteiger partial charge in [-0.1, -0.05) is 96.3 Å². The van der Waals surface area contributed by atoms with E-state index in [-0.39, 0.29) is 0 Å². The summed E-state index contributed by atoms with van der Waals surface area (Å²) >= 11 is 2.70. The van der Waals surface area contributed by atoms with Gasteiger partial charge in [-0.15, -0.1) is 10.2 Å². The van der Waals surface area contributed by atoms with Crippen molar-refractivity contribution in [2.75, 3.05) is 0 Å². The molecule has 0 radical (unpaired) electrons. The normalized spacial score (nSPS) is 11.7. The maximum atomic E-state index is 12.3. The van der Waals surface area contributed by atoms with Gasteiger partial charge in [-0.3, -0.25) is 0 Å². The first-order valence-electron chi connectivity index (χ1n) is 12.1. The molecule has 7 aromatic rings. The third-order valence-corrected chi connectivity index (χ3v) is 8.27. The largest absolute Gasteiger partial charge is 0.422 e. The molecular weight excluding hydrogens is 532 g/mol. The molecule has 0 amide bonds. The summed E-state index contributed by atoms with van der Waals surface area (Å²) in [5, 5.41) is 14.7. The Balaban J connectivity index is 1.11. The predicted molar refractivity (Wildman–Crippen MR) is 153 cm³/mol. The minimum Gasteiger partial charge on any atom is -0.422 e. The minimum absolute atomic E-state index is 0.392. The predicted octanol–water partition coefficient (Wildman–Crippen LogP) is 7.17. The fourth-order valence-electron chi connectivity index (χ4n) is 4.74. The van der Waals surface area contributed by atoms with Gasteiger partial charge in [0.2, 0.25) is 0 Å². The van der Waals surface area contributed by atoms with Gasteiger partial charge >= 0.3 is 11.3 Å². The zero-order chi connectivity index (χ0) is 26.3. The van der Waals surface area contributed by atoms with Crippen LogP contribution in [0.4, 0.5) is 0 Å². The highest BCUT2D eigenvalue weighted by atomic mass is 32.2. The van der Waals surface area contributed by atoms with Crippen molar-refractivity contribution in [3.05, 3.63) is 117 Å². The lowest BCUT2D eigenvalue weighted by Crippen LogP contribution is -2.00.